The first-order valence-corrected chi connectivity index (χ1v) is 8.06. The summed E-state index contributed by atoms with van der Waals surface area (Å²) >= 11 is 0. The molecular formula is C18H23NO. The lowest BCUT2D eigenvalue weighted by Gasteiger charge is -2.32. The molecule has 2 atom stereocenters. The molecule has 2 heteroatoms. The average molecular weight is 269 g/mol. The van der Waals surface area contributed by atoms with Gasteiger partial charge in [-0.1, -0.05) is 49.6 Å². The maximum atomic E-state index is 5.44. The lowest BCUT2D eigenvalue weighted by atomic mass is 9.80. The van der Waals surface area contributed by atoms with Crippen molar-refractivity contribution in [1.29, 1.82) is 0 Å². The third-order valence-electron chi connectivity index (χ3n) is 5.30. The Morgan fingerprint density at radius 1 is 1.15 bits per heavy atom. The van der Waals surface area contributed by atoms with Crippen LogP contribution in [0.4, 0.5) is 0 Å². The van der Waals surface area contributed by atoms with Gasteiger partial charge < -0.3 is 4.74 Å². The van der Waals surface area contributed by atoms with Crippen molar-refractivity contribution in [2.24, 2.45) is 5.92 Å². The number of ether oxygens (including phenoxy) is 1. The zero-order chi connectivity index (χ0) is 13.4. The van der Waals surface area contributed by atoms with Gasteiger partial charge in [0.25, 0.3) is 0 Å². The van der Waals surface area contributed by atoms with E-state index in [4.69, 9.17) is 4.74 Å². The molecule has 1 aromatic carbocycles. The van der Waals surface area contributed by atoms with Gasteiger partial charge in [0.05, 0.1) is 6.04 Å². The average Bonchev–Trinajstić information content (AvgIpc) is 3.15. The summed E-state index contributed by atoms with van der Waals surface area (Å²) in [5, 5.41) is 0. The topological polar surface area (TPSA) is 15.8 Å². The van der Waals surface area contributed by atoms with Crippen molar-refractivity contribution in [2.75, 3.05) is 13.1 Å². The van der Waals surface area contributed by atoms with E-state index in [2.05, 4.69) is 35.2 Å². The Morgan fingerprint density at radius 3 is 2.60 bits per heavy atom. The number of hydrogen-bond acceptors (Lipinski definition) is 2. The Labute approximate surface area is 121 Å². The highest BCUT2D eigenvalue weighted by molar-refractivity contribution is 5.22. The largest absolute Gasteiger partial charge is 0.461 e. The first-order chi connectivity index (χ1) is 9.90. The molecule has 1 saturated heterocycles. The van der Waals surface area contributed by atoms with Gasteiger partial charge in [-0.15, -0.1) is 0 Å². The van der Waals surface area contributed by atoms with Crippen LogP contribution in [0.5, 0.6) is 0 Å². The van der Waals surface area contributed by atoms with Crippen molar-refractivity contribution in [2.45, 2.75) is 44.1 Å². The van der Waals surface area contributed by atoms with E-state index in [9.17, 15) is 0 Å². The lowest BCUT2D eigenvalue weighted by molar-refractivity contribution is 0.174. The Hall–Kier alpha value is -1.28. The highest BCUT2D eigenvalue weighted by atomic mass is 16.5. The quantitative estimate of drug-likeness (QED) is 0.805. The molecule has 3 aliphatic rings. The molecule has 1 aromatic rings. The second kappa shape index (κ2) is 5.25. The fraction of sp³-hybridized carbons (Fsp3) is 0.556. The van der Waals surface area contributed by atoms with Gasteiger partial charge >= 0.3 is 0 Å². The fourth-order valence-electron chi connectivity index (χ4n) is 3.75. The second-order valence-electron chi connectivity index (χ2n) is 6.58. The van der Waals surface area contributed by atoms with Gasteiger partial charge in [0.1, 0.15) is 6.26 Å². The Balaban J connectivity index is 1.42. The number of benzene rings is 1. The van der Waals surface area contributed by atoms with Crippen molar-refractivity contribution in [3.8, 4) is 0 Å². The maximum absolute atomic E-state index is 5.44. The van der Waals surface area contributed by atoms with Crippen molar-refractivity contribution in [3.63, 3.8) is 0 Å². The molecule has 1 aliphatic carbocycles. The van der Waals surface area contributed by atoms with Crippen molar-refractivity contribution in [1.82, 2.24) is 4.90 Å². The molecule has 0 radical (unpaired) electrons. The third-order valence-corrected chi connectivity index (χ3v) is 5.30. The summed E-state index contributed by atoms with van der Waals surface area (Å²) in [6.07, 6.45) is 8.86. The molecule has 4 rings (SSSR count). The minimum atomic E-state index is 0.564. The Morgan fingerprint density at radius 2 is 1.95 bits per heavy atom. The fourth-order valence-corrected chi connectivity index (χ4v) is 3.75. The van der Waals surface area contributed by atoms with E-state index in [1.807, 2.05) is 6.26 Å². The molecule has 2 fully saturated rings. The summed E-state index contributed by atoms with van der Waals surface area (Å²) in [6, 6.07) is 11.6. The summed E-state index contributed by atoms with van der Waals surface area (Å²) in [5.41, 5.74) is 1.50. The molecule has 0 bridgehead atoms. The summed E-state index contributed by atoms with van der Waals surface area (Å²) in [7, 11) is 0. The number of rotatable bonds is 5. The van der Waals surface area contributed by atoms with Crippen LogP contribution in [0.15, 0.2) is 42.4 Å². The molecule has 2 heterocycles. The minimum Gasteiger partial charge on any atom is -0.461 e. The molecule has 106 valence electrons. The summed E-state index contributed by atoms with van der Waals surface area (Å²) in [6.45, 7) is 2.42. The van der Waals surface area contributed by atoms with Crippen LogP contribution in [0.3, 0.4) is 0 Å². The van der Waals surface area contributed by atoms with E-state index in [1.54, 1.807) is 0 Å². The number of nitrogens with zero attached hydrogens (tertiary/aromatic N) is 1. The Bertz CT molecular complexity index is 491. The van der Waals surface area contributed by atoms with Crippen LogP contribution >= 0.6 is 0 Å². The van der Waals surface area contributed by atoms with Gasteiger partial charge in [0, 0.05) is 6.54 Å². The monoisotopic (exact) mass is 269 g/mol. The van der Waals surface area contributed by atoms with Crippen LogP contribution in [0.25, 0.3) is 0 Å². The van der Waals surface area contributed by atoms with E-state index >= 15 is 0 Å². The highest BCUT2D eigenvalue weighted by Gasteiger charge is 2.37. The first-order valence-electron chi connectivity index (χ1n) is 8.06. The molecule has 0 amide bonds. The van der Waals surface area contributed by atoms with E-state index < -0.39 is 0 Å². The van der Waals surface area contributed by atoms with Crippen LogP contribution < -0.4 is 0 Å². The highest BCUT2D eigenvalue weighted by Crippen LogP contribution is 2.39. The first kappa shape index (κ1) is 12.5. The molecule has 2 nitrogen and oxygen atoms in total. The summed E-state index contributed by atoms with van der Waals surface area (Å²) < 4.78 is 5.44. The minimum absolute atomic E-state index is 0.564. The smallest absolute Gasteiger partial charge is 0.155 e. The van der Waals surface area contributed by atoms with E-state index in [0.29, 0.717) is 12.0 Å². The van der Waals surface area contributed by atoms with Gasteiger partial charge in [0.15, 0.2) is 5.76 Å². The van der Waals surface area contributed by atoms with Crippen molar-refractivity contribution in [3.05, 3.63) is 47.9 Å². The summed E-state index contributed by atoms with van der Waals surface area (Å²) in [4.78, 5) is 2.66. The van der Waals surface area contributed by atoms with Crippen LogP contribution in [-0.4, -0.2) is 24.0 Å². The predicted octanol–water partition coefficient (Wildman–Crippen LogP) is 3.91. The molecule has 20 heavy (non-hydrogen) atoms. The second-order valence-corrected chi connectivity index (χ2v) is 6.58. The molecule has 0 N–H and O–H groups in total. The van der Waals surface area contributed by atoms with Crippen LogP contribution in [-0.2, 0) is 4.74 Å². The lowest BCUT2D eigenvalue weighted by Crippen LogP contribution is -2.36. The van der Waals surface area contributed by atoms with E-state index in [-0.39, 0.29) is 0 Å². The molecule has 0 aromatic heterocycles. The predicted molar refractivity (Wildman–Crippen MR) is 80.3 cm³/mol. The van der Waals surface area contributed by atoms with Gasteiger partial charge in [0.2, 0.25) is 0 Å². The molecule has 0 spiro atoms. The van der Waals surface area contributed by atoms with Crippen LogP contribution in [0.2, 0.25) is 0 Å². The van der Waals surface area contributed by atoms with Crippen molar-refractivity contribution >= 4 is 0 Å². The van der Waals surface area contributed by atoms with Crippen LogP contribution in [0, 0.1) is 5.92 Å². The van der Waals surface area contributed by atoms with E-state index in [0.717, 1.165) is 5.92 Å². The maximum Gasteiger partial charge on any atom is 0.155 e. The third kappa shape index (κ3) is 2.49. The molecule has 2 aliphatic heterocycles. The van der Waals surface area contributed by atoms with Gasteiger partial charge in [-0.25, -0.2) is 0 Å². The van der Waals surface area contributed by atoms with Gasteiger partial charge in [-0.05, 0) is 36.8 Å². The zero-order valence-electron chi connectivity index (χ0n) is 12.0. The standard InChI is InChI=1S/C18H23NO/c1-2-7-15(8-3-1)16-9-10-19(12-16)17(18-13-20-18)11-14-5-4-6-14/h1-3,7-8,13-14,16-17H,4-6,9-12H2/t16-,17-/m1/s1. The normalized spacial score (nSPS) is 27.6. The number of likely N-dealkylation sites (tertiary alicyclic amines) is 1. The van der Waals surface area contributed by atoms with Gasteiger partial charge in [-0.3, -0.25) is 4.90 Å². The molecule has 1 saturated carbocycles. The Kier molecular flexibility index (Phi) is 3.27. The number of hydrogen-bond donors (Lipinski definition) is 0. The molecule has 0 unspecified atom stereocenters. The zero-order valence-corrected chi connectivity index (χ0v) is 12.0. The van der Waals surface area contributed by atoms with Crippen molar-refractivity contribution < 1.29 is 4.74 Å². The molecular weight excluding hydrogens is 246 g/mol. The SMILES string of the molecule is C1=C([C@@H](CC2CCC2)N2CC[C@@H](c3ccccc3)C2)O1. The van der Waals surface area contributed by atoms with Crippen LogP contribution in [0.1, 0.15) is 43.6 Å². The van der Waals surface area contributed by atoms with E-state index in [1.165, 1.54) is 56.5 Å². The summed E-state index contributed by atoms with van der Waals surface area (Å²) in [5.74, 6) is 2.89. The van der Waals surface area contributed by atoms with Gasteiger partial charge in [-0.2, -0.15) is 0 Å².